The number of rotatable bonds is 5. The van der Waals surface area contributed by atoms with E-state index in [1.165, 1.54) is 0 Å². The van der Waals surface area contributed by atoms with Crippen LogP contribution in [0.1, 0.15) is 28.4 Å². The normalized spacial score (nSPS) is 9.80. The highest BCUT2D eigenvalue weighted by Crippen LogP contribution is 2.15. The SMILES string of the molecule is CCN(CCOC)C(=O)c1cccc(C#CCN)c1C. The van der Waals surface area contributed by atoms with Crippen molar-refractivity contribution in [2.45, 2.75) is 13.8 Å². The molecule has 0 atom stereocenters. The highest BCUT2D eigenvalue weighted by Gasteiger charge is 2.16. The van der Waals surface area contributed by atoms with Crippen LogP contribution in [0.2, 0.25) is 0 Å². The maximum absolute atomic E-state index is 12.5. The average Bonchev–Trinajstić information content (AvgIpc) is 2.46. The van der Waals surface area contributed by atoms with Crippen molar-refractivity contribution in [3.05, 3.63) is 34.9 Å². The summed E-state index contributed by atoms with van der Waals surface area (Å²) >= 11 is 0. The van der Waals surface area contributed by atoms with Crippen molar-refractivity contribution < 1.29 is 9.53 Å². The van der Waals surface area contributed by atoms with Gasteiger partial charge in [0.2, 0.25) is 0 Å². The van der Waals surface area contributed by atoms with E-state index in [9.17, 15) is 4.79 Å². The average molecular weight is 274 g/mol. The van der Waals surface area contributed by atoms with E-state index in [2.05, 4.69) is 11.8 Å². The summed E-state index contributed by atoms with van der Waals surface area (Å²) in [4.78, 5) is 14.3. The predicted molar refractivity (Wildman–Crippen MR) is 80.6 cm³/mol. The van der Waals surface area contributed by atoms with Gasteiger partial charge in [0.1, 0.15) is 0 Å². The minimum Gasteiger partial charge on any atom is -0.383 e. The monoisotopic (exact) mass is 274 g/mol. The van der Waals surface area contributed by atoms with Gasteiger partial charge in [-0.2, -0.15) is 0 Å². The lowest BCUT2D eigenvalue weighted by molar-refractivity contribution is 0.0705. The van der Waals surface area contributed by atoms with Gasteiger partial charge >= 0.3 is 0 Å². The molecule has 4 heteroatoms. The van der Waals surface area contributed by atoms with E-state index in [-0.39, 0.29) is 5.91 Å². The first kappa shape index (κ1) is 16.2. The molecule has 0 unspecified atom stereocenters. The number of nitrogens with two attached hydrogens (primary N) is 1. The molecule has 1 aromatic carbocycles. The van der Waals surface area contributed by atoms with Crippen molar-refractivity contribution >= 4 is 5.91 Å². The molecular formula is C16H22N2O2. The number of hydrogen-bond donors (Lipinski definition) is 1. The summed E-state index contributed by atoms with van der Waals surface area (Å²) in [5, 5.41) is 0. The number of likely N-dealkylation sites (N-methyl/N-ethyl adjacent to an activating group) is 1. The van der Waals surface area contributed by atoms with Crippen LogP contribution in [0.15, 0.2) is 18.2 Å². The number of carbonyl (C=O) groups excluding carboxylic acids is 1. The van der Waals surface area contributed by atoms with Crippen LogP contribution in [-0.4, -0.2) is 44.2 Å². The molecule has 1 amide bonds. The van der Waals surface area contributed by atoms with Crippen molar-refractivity contribution in [3.63, 3.8) is 0 Å². The molecule has 0 spiro atoms. The van der Waals surface area contributed by atoms with E-state index in [1.807, 2.05) is 32.0 Å². The summed E-state index contributed by atoms with van der Waals surface area (Å²) in [5.41, 5.74) is 7.82. The third-order valence-corrected chi connectivity index (χ3v) is 3.12. The van der Waals surface area contributed by atoms with Crippen LogP contribution >= 0.6 is 0 Å². The molecule has 4 nitrogen and oxygen atoms in total. The van der Waals surface area contributed by atoms with Crippen LogP contribution in [0.5, 0.6) is 0 Å². The van der Waals surface area contributed by atoms with E-state index in [4.69, 9.17) is 10.5 Å². The number of amides is 1. The quantitative estimate of drug-likeness (QED) is 0.826. The van der Waals surface area contributed by atoms with Gasteiger partial charge in [-0.3, -0.25) is 4.79 Å². The molecule has 0 aliphatic rings. The summed E-state index contributed by atoms with van der Waals surface area (Å²) in [6, 6.07) is 5.59. The van der Waals surface area contributed by atoms with E-state index in [0.29, 0.717) is 31.8 Å². The summed E-state index contributed by atoms with van der Waals surface area (Å²) in [7, 11) is 1.63. The fourth-order valence-corrected chi connectivity index (χ4v) is 1.92. The van der Waals surface area contributed by atoms with Gasteiger partial charge < -0.3 is 15.4 Å². The Hall–Kier alpha value is -1.83. The van der Waals surface area contributed by atoms with E-state index in [1.54, 1.807) is 12.0 Å². The standard InChI is InChI=1S/C16H22N2O2/c1-4-18(11-12-20-3)16(19)15-9-5-7-14(13(15)2)8-6-10-17/h5,7,9H,4,10-12,17H2,1-3H3. The number of hydrogen-bond acceptors (Lipinski definition) is 3. The van der Waals surface area contributed by atoms with Gasteiger partial charge in [0.15, 0.2) is 0 Å². The van der Waals surface area contributed by atoms with Crippen molar-refractivity contribution in [1.82, 2.24) is 4.90 Å². The van der Waals surface area contributed by atoms with Gasteiger partial charge in [0.05, 0.1) is 13.2 Å². The molecule has 0 bridgehead atoms. The fraction of sp³-hybridized carbons (Fsp3) is 0.438. The van der Waals surface area contributed by atoms with Gasteiger partial charge in [0, 0.05) is 31.3 Å². The molecule has 0 fully saturated rings. The highest BCUT2D eigenvalue weighted by atomic mass is 16.5. The summed E-state index contributed by atoms with van der Waals surface area (Å²) in [6.07, 6.45) is 0. The second-order valence-electron chi connectivity index (χ2n) is 4.36. The van der Waals surface area contributed by atoms with Gasteiger partial charge in [-0.15, -0.1) is 0 Å². The van der Waals surface area contributed by atoms with Gasteiger partial charge in [-0.1, -0.05) is 17.9 Å². The van der Waals surface area contributed by atoms with Crippen LogP contribution in [0.3, 0.4) is 0 Å². The Kier molecular flexibility index (Phi) is 6.78. The van der Waals surface area contributed by atoms with Crippen molar-refractivity contribution in [2.24, 2.45) is 5.73 Å². The van der Waals surface area contributed by atoms with Crippen LogP contribution in [-0.2, 0) is 4.74 Å². The fourth-order valence-electron chi connectivity index (χ4n) is 1.92. The first-order valence-corrected chi connectivity index (χ1v) is 6.72. The van der Waals surface area contributed by atoms with Crippen molar-refractivity contribution in [2.75, 3.05) is 33.4 Å². The molecule has 0 aliphatic carbocycles. The van der Waals surface area contributed by atoms with Crippen LogP contribution in [0.4, 0.5) is 0 Å². The summed E-state index contributed by atoms with van der Waals surface area (Å²) in [6.45, 7) is 5.96. The van der Waals surface area contributed by atoms with E-state index < -0.39 is 0 Å². The molecule has 0 saturated carbocycles. The second kappa shape index (κ2) is 8.36. The largest absolute Gasteiger partial charge is 0.383 e. The summed E-state index contributed by atoms with van der Waals surface area (Å²) < 4.78 is 5.04. The minimum atomic E-state index is 0.0125. The number of benzene rings is 1. The van der Waals surface area contributed by atoms with Crippen molar-refractivity contribution in [3.8, 4) is 11.8 Å². The molecule has 1 rings (SSSR count). The first-order chi connectivity index (χ1) is 9.65. The van der Waals surface area contributed by atoms with Gasteiger partial charge in [0.25, 0.3) is 5.91 Å². The third-order valence-electron chi connectivity index (χ3n) is 3.12. The lowest BCUT2D eigenvalue weighted by atomic mass is 10.0. The smallest absolute Gasteiger partial charge is 0.254 e. The molecule has 1 aromatic rings. The summed E-state index contributed by atoms with van der Waals surface area (Å²) in [5.74, 6) is 5.83. The zero-order valence-corrected chi connectivity index (χ0v) is 12.4. The molecule has 0 heterocycles. The molecule has 0 aliphatic heterocycles. The number of nitrogens with zero attached hydrogens (tertiary/aromatic N) is 1. The Balaban J connectivity index is 3.03. The lowest BCUT2D eigenvalue weighted by Crippen LogP contribution is -2.34. The van der Waals surface area contributed by atoms with Gasteiger partial charge in [-0.25, -0.2) is 0 Å². The zero-order chi connectivity index (χ0) is 15.0. The Morgan fingerprint density at radius 3 is 2.80 bits per heavy atom. The zero-order valence-electron chi connectivity index (χ0n) is 12.4. The Bertz CT molecular complexity index is 515. The number of carbonyl (C=O) groups is 1. The molecule has 20 heavy (non-hydrogen) atoms. The van der Waals surface area contributed by atoms with E-state index in [0.717, 1.165) is 11.1 Å². The molecule has 0 aromatic heterocycles. The molecule has 0 saturated heterocycles. The highest BCUT2D eigenvalue weighted by molar-refractivity contribution is 5.96. The van der Waals surface area contributed by atoms with E-state index >= 15 is 0 Å². The maximum atomic E-state index is 12.5. The Labute approximate surface area is 120 Å². The number of ether oxygens (including phenoxy) is 1. The molecule has 0 radical (unpaired) electrons. The van der Waals surface area contributed by atoms with Crippen molar-refractivity contribution in [1.29, 1.82) is 0 Å². The third kappa shape index (κ3) is 4.09. The Morgan fingerprint density at radius 2 is 2.20 bits per heavy atom. The predicted octanol–water partition coefficient (Wildman–Crippen LogP) is 1.41. The van der Waals surface area contributed by atoms with Gasteiger partial charge in [-0.05, 0) is 31.5 Å². The lowest BCUT2D eigenvalue weighted by Gasteiger charge is -2.21. The number of methoxy groups -OCH3 is 1. The minimum absolute atomic E-state index is 0.0125. The maximum Gasteiger partial charge on any atom is 0.254 e. The molecule has 2 N–H and O–H groups in total. The molecule has 108 valence electrons. The first-order valence-electron chi connectivity index (χ1n) is 6.72. The molecular weight excluding hydrogens is 252 g/mol. The Morgan fingerprint density at radius 1 is 1.45 bits per heavy atom. The second-order valence-corrected chi connectivity index (χ2v) is 4.36. The van der Waals surface area contributed by atoms with Crippen LogP contribution in [0.25, 0.3) is 0 Å². The topological polar surface area (TPSA) is 55.6 Å². The van der Waals surface area contributed by atoms with Crippen LogP contribution in [0, 0.1) is 18.8 Å². The van der Waals surface area contributed by atoms with Crippen LogP contribution < -0.4 is 5.73 Å².